The van der Waals surface area contributed by atoms with E-state index in [9.17, 15) is 18.0 Å². The number of piperazine rings is 1. The van der Waals surface area contributed by atoms with Crippen molar-refractivity contribution >= 4 is 23.3 Å². The Morgan fingerprint density at radius 1 is 1.00 bits per heavy atom. The maximum Gasteiger partial charge on any atom is 0.417 e. The van der Waals surface area contributed by atoms with Crippen LogP contribution in [-0.2, 0) is 6.18 Å². The van der Waals surface area contributed by atoms with Gasteiger partial charge in [0.1, 0.15) is 11.0 Å². The number of anilines is 1. The third kappa shape index (κ3) is 4.01. The molecule has 9 heteroatoms. The maximum atomic E-state index is 12.6. The molecule has 0 aliphatic carbocycles. The van der Waals surface area contributed by atoms with Crippen LogP contribution in [0.2, 0.25) is 5.15 Å². The quantitative estimate of drug-likeness (QED) is 0.762. The Morgan fingerprint density at radius 3 is 2.24 bits per heavy atom. The first kappa shape index (κ1) is 17.5. The molecule has 0 aromatic carbocycles. The summed E-state index contributed by atoms with van der Waals surface area (Å²) in [4.78, 5) is 23.7. The Bertz CT molecular complexity index is 741. The lowest BCUT2D eigenvalue weighted by molar-refractivity contribution is -0.137. The van der Waals surface area contributed by atoms with E-state index in [0.717, 1.165) is 12.3 Å². The maximum absolute atomic E-state index is 12.6. The van der Waals surface area contributed by atoms with Crippen molar-refractivity contribution in [3.63, 3.8) is 0 Å². The van der Waals surface area contributed by atoms with Crippen LogP contribution in [0, 0.1) is 0 Å². The summed E-state index contributed by atoms with van der Waals surface area (Å²) in [6, 6.07) is 5.53. The van der Waals surface area contributed by atoms with Gasteiger partial charge in [0.15, 0.2) is 0 Å². The number of amides is 1. The highest BCUT2D eigenvalue weighted by Crippen LogP contribution is 2.29. The van der Waals surface area contributed by atoms with Gasteiger partial charge in [-0.25, -0.2) is 9.97 Å². The first-order valence-corrected chi connectivity index (χ1v) is 7.91. The highest BCUT2D eigenvalue weighted by molar-refractivity contribution is 6.29. The Morgan fingerprint density at radius 2 is 1.72 bits per heavy atom. The molecule has 1 aliphatic rings. The Labute approximate surface area is 147 Å². The van der Waals surface area contributed by atoms with Gasteiger partial charge in [0.25, 0.3) is 5.91 Å². The molecule has 25 heavy (non-hydrogen) atoms. The van der Waals surface area contributed by atoms with Crippen LogP contribution in [0.1, 0.15) is 15.9 Å². The summed E-state index contributed by atoms with van der Waals surface area (Å²) in [6.45, 7) is 1.88. The highest BCUT2D eigenvalue weighted by Gasteiger charge is 2.31. The minimum atomic E-state index is -4.40. The lowest BCUT2D eigenvalue weighted by Gasteiger charge is -2.35. The van der Waals surface area contributed by atoms with E-state index in [0.29, 0.717) is 42.7 Å². The van der Waals surface area contributed by atoms with Crippen molar-refractivity contribution in [3.8, 4) is 0 Å². The van der Waals surface area contributed by atoms with Crippen molar-refractivity contribution in [3.05, 3.63) is 52.9 Å². The zero-order valence-electron chi connectivity index (χ0n) is 13.0. The van der Waals surface area contributed by atoms with E-state index in [-0.39, 0.29) is 5.91 Å². The molecule has 0 radical (unpaired) electrons. The molecule has 0 spiro atoms. The topological polar surface area (TPSA) is 49.3 Å². The molecule has 1 amide bonds. The molecule has 132 valence electrons. The number of aromatic nitrogens is 2. The fourth-order valence-electron chi connectivity index (χ4n) is 2.56. The number of carbonyl (C=O) groups excluding carboxylic acids is 1. The third-order valence-electron chi connectivity index (χ3n) is 3.94. The molecule has 0 N–H and O–H groups in total. The van der Waals surface area contributed by atoms with E-state index in [1.165, 1.54) is 12.3 Å². The van der Waals surface area contributed by atoms with Gasteiger partial charge < -0.3 is 9.80 Å². The SMILES string of the molecule is O=C(c1ccc(Cl)nc1)N1CCN(c2ccc(C(F)(F)F)cn2)CC1. The van der Waals surface area contributed by atoms with Crippen molar-refractivity contribution < 1.29 is 18.0 Å². The predicted molar refractivity (Wildman–Crippen MR) is 86.6 cm³/mol. The summed E-state index contributed by atoms with van der Waals surface area (Å²) in [5, 5.41) is 0.315. The molecule has 0 saturated carbocycles. The van der Waals surface area contributed by atoms with Crippen LogP contribution in [0.15, 0.2) is 36.7 Å². The standard InChI is InChI=1S/C16H14ClF3N4O/c17-13-3-1-11(9-21-13)15(25)24-7-5-23(6-8-24)14-4-2-12(10-22-14)16(18,19)20/h1-4,9-10H,5-8H2. The second-order valence-corrected chi connectivity index (χ2v) is 5.94. The minimum Gasteiger partial charge on any atom is -0.353 e. The van der Waals surface area contributed by atoms with E-state index < -0.39 is 11.7 Å². The molecule has 3 heterocycles. The molecular formula is C16H14ClF3N4O. The largest absolute Gasteiger partial charge is 0.417 e. The lowest BCUT2D eigenvalue weighted by Crippen LogP contribution is -2.49. The highest BCUT2D eigenvalue weighted by atomic mass is 35.5. The molecule has 1 saturated heterocycles. The molecule has 1 fully saturated rings. The van der Waals surface area contributed by atoms with Gasteiger partial charge in [0.2, 0.25) is 0 Å². The van der Waals surface area contributed by atoms with Gasteiger partial charge in [-0.05, 0) is 24.3 Å². The number of rotatable bonds is 2. The molecule has 1 aliphatic heterocycles. The molecule has 0 bridgehead atoms. The molecular weight excluding hydrogens is 357 g/mol. The van der Waals surface area contributed by atoms with E-state index in [2.05, 4.69) is 9.97 Å². The first-order valence-electron chi connectivity index (χ1n) is 7.53. The van der Waals surface area contributed by atoms with E-state index in [1.807, 2.05) is 4.90 Å². The van der Waals surface area contributed by atoms with Gasteiger partial charge >= 0.3 is 6.18 Å². The predicted octanol–water partition coefficient (Wildman–Crippen LogP) is 3.11. The lowest BCUT2D eigenvalue weighted by atomic mass is 10.2. The summed E-state index contributed by atoms with van der Waals surface area (Å²) >= 11 is 5.71. The second kappa shape index (κ2) is 6.87. The summed E-state index contributed by atoms with van der Waals surface area (Å²) in [5.41, 5.74) is -0.328. The van der Waals surface area contributed by atoms with Gasteiger partial charge in [-0.15, -0.1) is 0 Å². The van der Waals surface area contributed by atoms with Crippen LogP contribution >= 0.6 is 11.6 Å². The first-order chi connectivity index (χ1) is 11.8. The zero-order chi connectivity index (χ0) is 18.0. The Hall–Kier alpha value is -2.35. The van der Waals surface area contributed by atoms with Crippen LogP contribution in [0.3, 0.4) is 0 Å². The molecule has 2 aromatic rings. The monoisotopic (exact) mass is 370 g/mol. The number of hydrogen-bond acceptors (Lipinski definition) is 4. The van der Waals surface area contributed by atoms with Crippen molar-refractivity contribution in [2.75, 3.05) is 31.1 Å². The molecule has 0 atom stereocenters. The number of alkyl halides is 3. The van der Waals surface area contributed by atoms with Crippen LogP contribution in [0.4, 0.5) is 19.0 Å². The van der Waals surface area contributed by atoms with Gasteiger partial charge in [-0.2, -0.15) is 13.2 Å². The van der Waals surface area contributed by atoms with E-state index >= 15 is 0 Å². The summed E-state index contributed by atoms with van der Waals surface area (Å²) in [6.07, 6.45) is -2.15. The molecule has 5 nitrogen and oxygen atoms in total. The van der Waals surface area contributed by atoms with Gasteiger partial charge in [0, 0.05) is 38.6 Å². The van der Waals surface area contributed by atoms with Crippen molar-refractivity contribution in [1.82, 2.24) is 14.9 Å². The van der Waals surface area contributed by atoms with Crippen LogP contribution in [-0.4, -0.2) is 47.0 Å². The van der Waals surface area contributed by atoms with Crippen molar-refractivity contribution in [2.24, 2.45) is 0 Å². The van der Waals surface area contributed by atoms with Crippen LogP contribution in [0.25, 0.3) is 0 Å². The van der Waals surface area contributed by atoms with Gasteiger partial charge in [-0.3, -0.25) is 4.79 Å². The molecule has 3 rings (SSSR count). The molecule has 0 unspecified atom stereocenters. The van der Waals surface area contributed by atoms with Gasteiger partial charge in [-0.1, -0.05) is 11.6 Å². The fraction of sp³-hybridized carbons (Fsp3) is 0.312. The Balaban J connectivity index is 1.61. The average molecular weight is 371 g/mol. The fourth-order valence-corrected chi connectivity index (χ4v) is 2.68. The molecule has 2 aromatic heterocycles. The zero-order valence-corrected chi connectivity index (χ0v) is 13.8. The number of carbonyl (C=O) groups is 1. The second-order valence-electron chi connectivity index (χ2n) is 5.55. The van der Waals surface area contributed by atoms with Crippen molar-refractivity contribution in [1.29, 1.82) is 0 Å². The van der Waals surface area contributed by atoms with E-state index in [1.54, 1.807) is 17.0 Å². The van der Waals surface area contributed by atoms with Crippen molar-refractivity contribution in [2.45, 2.75) is 6.18 Å². The third-order valence-corrected chi connectivity index (χ3v) is 4.16. The number of hydrogen-bond donors (Lipinski definition) is 0. The normalized spacial score (nSPS) is 15.4. The summed E-state index contributed by atoms with van der Waals surface area (Å²) in [5.74, 6) is 0.317. The minimum absolute atomic E-state index is 0.149. The van der Waals surface area contributed by atoms with E-state index in [4.69, 9.17) is 11.6 Å². The van der Waals surface area contributed by atoms with Crippen LogP contribution in [0.5, 0.6) is 0 Å². The Kier molecular flexibility index (Phi) is 4.80. The van der Waals surface area contributed by atoms with Crippen LogP contribution < -0.4 is 4.90 Å². The summed E-state index contributed by atoms with van der Waals surface area (Å²) < 4.78 is 37.7. The van der Waals surface area contributed by atoms with Gasteiger partial charge in [0.05, 0.1) is 11.1 Å². The average Bonchev–Trinajstić information content (AvgIpc) is 2.61. The smallest absolute Gasteiger partial charge is 0.353 e. The number of halogens is 4. The summed E-state index contributed by atoms with van der Waals surface area (Å²) in [7, 11) is 0. The number of nitrogens with zero attached hydrogens (tertiary/aromatic N) is 4. The number of pyridine rings is 2.